The van der Waals surface area contributed by atoms with Crippen LogP contribution < -0.4 is 0 Å². The van der Waals surface area contributed by atoms with E-state index in [-0.39, 0.29) is 32.4 Å². The van der Waals surface area contributed by atoms with Gasteiger partial charge in [0.05, 0.1) is 27.4 Å². The number of azo groups is 1. The van der Waals surface area contributed by atoms with Crippen molar-refractivity contribution in [2.75, 3.05) is 0 Å². The number of H-pyrrole nitrogens is 1. The topological polar surface area (TPSA) is 167 Å². The molecule has 0 aliphatic carbocycles. The van der Waals surface area contributed by atoms with E-state index in [0.29, 0.717) is 33.4 Å². The smallest absolute Gasteiger partial charge is 0.294 e. The van der Waals surface area contributed by atoms with Crippen molar-refractivity contribution in [1.29, 1.82) is 0 Å². The third-order valence-electron chi connectivity index (χ3n) is 4.22. The van der Waals surface area contributed by atoms with Crippen LogP contribution in [-0.2, 0) is 19.5 Å². The molecule has 1 aromatic heterocycles. The Labute approximate surface area is 183 Å². The number of phenolic OH excluding ortho intramolecular Hbond substituents is 1. The molecule has 0 aliphatic rings. The highest BCUT2D eigenvalue weighted by atomic mass is 35.5. The molecule has 0 fully saturated rings. The largest absolute Gasteiger partial charge is 0.504 e. The summed E-state index contributed by atoms with van der Waals surface area (Å²) in [4.78, 5) is -0.333. The van der Waals surface area contributed by atoms with E-state index < -0.39 is 10.1 Å². The van der Waals surface area contributed by atoms with Crippen molar-refractivity contribution < 1.29 is 32.7 Å². The fourth-order valence-electron chi connectivity index (χ4n) is 2.86. The van der Waals surface area contributed by atoms with Crippen LogP contribution in [0, 0.1) is 0 Å². The summed E-state index contributed by atoms with van der Waals surface area (Å²) >= 11 is 6.40. The molecule has 0 amide bonds. The summed E-state index contributed by atoms with van der Waals surface area (Å²) in [6, 6.07) is 10.1. The molecule has 1 heterocycles. The molecule has 0 bridgehead atoms. The van der Waals surface area contributed by atoms with Gasteiger partial charge in [-0.3, -0.25) is 9.65 Å². The second-order valence-corrected chi connectivity index (χ2v) is 8.69. The van der Waals surface area contributed by atoms with Crippen LogP contribution in [-0.4, -0.2) is 33.5 Å². The van der Waals surface area contributed by atoms with Crippen LogP contribution in [0.2, 0.25) is 5.02 Å². The second kappa shape index (κ2) is 8.39. The monoisotopic (exact) mass is 482 g/mol. The van der Waals surface area contributed by atoms with Gasteiger partial charge in [0.25, 0.3) is 10.1 Å². The number of fused-ring (bicyclic) bond motifs is 2. The molecular formula is C17H11ClN4O7S2. The Morgan fingerprint density at radius 1 is 1.10 bits per heavy atom. The van der Waals surface area contributed by atoms with E-state index in [4.69, 9.17) is 16.9 Å². The fourth-order valence-corrected chi connectivity index (χ4v) is 4.00. The van der Waals surface area contributed by atoms with Crippen molar-refractivity contribution in [3.05, 3.63) is 47.5 Å². The Kier molecular flexibility index (Phi) is 5.81. The van der Waals surface area contributed by atoms with Crippen LogP contribution in [0.15, 0.2) is 62.5 Å². The van der Waals surface area contributed by atoms with Gasteiger partial charge in [-0.2, -0.15) is 13.5 Å². The van der Waals surface area contributed by atoms with Crippen LogP contribution in [0.25, 0.3) is 21.7 Å². The van der Waals surface area contributed by atoms with E-state index in [2.05, 4.69) is 29.8 Å². The number of halogens is 1. The molecule has 14 heteroatoms. The first-order valence-corrected chi connectivity index (χ1v) is 10.8. The first-order chi connectivity index (χ1) is 14.8. The molecule has 0 radical (unpaired) electrons. The average Bonchev–Trinajstić information content (AvgIpc) is 3.12. The van der Waals surface area contributed by atoms with Crippen molar-refractivity contribution in [1.82, 2.24) is 10.2 Å². The Morgan fingerprint density at radius 3 is 2.61 bits per heavy atom. The fraction of sp³-hybridized carbons (Fsp3) is 0. The summed E-state index contributed by atoms with van der Waals surface area (Å²) in [5, 5.41) is 39.3. The van der Waals surface area contributed by atoms with Gasteiger partial charge in [-0.1, -0.05) is 22.7 Å². The molecule has 0 saturated carbocycles. The van der Waals surface area contributed by atoms with Gasteiger partial charge in [0.1, 0.15) is 5.69 Å². The number of nitrogens with one attached hydrogen (secondary N) is 1. The third-order valence-corrected chi connectivity index (χ3v) is 5.93. The predicted molar refractivity (Wildman–Crippen MR) is 111 cm³/mol. The standard InChI is InChI=1S/C17H11ClN4O7S2/c18-9-1-3-12-13(7-9)19-21-17(12)22-20-15-11-4-2-10(31(25,26)27)5-8(11)6-14(16(15)23)30-29-28-24/h1-7,23-24H,(H,19,21)(H,25,26,27). The van der Waals surface area contributed by atoms with Crippen molar-refractivity contribution >= 4 is 66.9 Å². The molecule has 3 aromatic carbocycles. The Balaban J connectivity index is 1.87. The number of benzene rings is 3. The first-order valence-electron chi connectivity index (χ1n) is 8.25. The lowest BCUT2D eigenvalue weighted by Gasteiger charge is -2.09. The lowest BCUT2D eigenvalue weighted by atomic mass is 10.1. The maximum Gasteiger partial charge on any atom is 0.294 e. The van der Waals surface area contributed by atoms with Gasteiger partial charge in [-0.15, -0.1) is 14.6 Å². The first kappa shape index (κ1) is 21.5. The zero-order valence-corrected chi connectivity index (χ0v) is 17.4. The second-order valence-electron chi connectivity index (χ2n) is 6.09. The summed E-state index contributed by atoms with van der Waals surface area (Å²) in [6.07, 6.45) is 0. The van der Waals surface area contributed by atoms with Gasteiger partial charge in [-0.25, -0.2) is 5.26 Å². The minimum absolute atomic E-state index is 0.0293. The lowest BCUT2D eigenvalue weighted by molar-refractivity contribution is -0.432. The molecule has 0 atom stereocenters. The van der Waals surface area contributed by atoms with Crippen molar-refractivity contribution in [3.63, 3.8) is 0 Å². The number of aromatic amines is 1. The lowest BCUT2D eigenvalue weighted by Crippen LogP contribution is -1.97. The van der Waals surface area contributed by atoms with Gasteiger partial charge in [-0.05, 0) is 41.8 Å². The maximum atomic E-state index is 11.5. The number of rotatable bonds is 6. The average molecular weight is 483 g/mol. The number of aromatic nitrogens is 2. The molecular weight excluding hydrogens is 472 g/mol. The van der Waals surface area contributed by atoms with Gasteiger partial charge in [0, 0.05) is 15.8 Å². The quantitative estimate of drug-likeness (QED) is 0.0952. The van der Waals surface area contributed by atoms with E-state index in [9.17, 15) is 18.1 Å². The van der Waals surface area contributed by atoms with Crippen LogP contribution in [0.3, 0.4) is 0 Å². The third kappa shape index (κ3) is 4.33. The van der Waals surface area contributed by atoms with E-state index in [1.165, 1.54) is 18.2 Å². The zero-order chi connectivity index (χ0) is 22.2. The Bertz CT molecular complexity index is 1440. The number of hydrogen-bond donors (Lipinski definition) is 4. The molecule has 31 heavy (non-hydrogen) atoms. The zero-order valence-electron chi connectivity index (χ0n) is 15.1. The molecule has 4 aromatic rings. The number of phenols is 1. The normalized spacial score (nSPS) is 12.4. The Morgan fingerprint density at radius 2 is 1.87 bits per heavy atom. The molecule has 0 saturated heterocycles. The van der Waals surface area contributed by atoms with Crippen LogP contribution in [0.1, 0.15) is 0 Å². The van der Waals surface area contributed by atoms with E-state index in [0.717, 1.165) is 6.07 Å². The van der Waals surface area contributed by atoms with Gasteiger partial charge >= 0.3 is 0 Å². The molecule has 160 valence electrons. The highest BCUT2D eigenvalue weighted by Gasteiger charge is 2.18. The van der Waals surface area contributed by atoms with Crippen molar-refractivity contribution in [3.8, 4) is 5.75 Å². The predicted octanol–water partition coefficient (Wildman–Crippen LogP) is 5.17. The number of hydrogen-bond acceptors (Lipinski definition) is 10. The van der Waals surface area contributed by atoms with Gasteiger partial charge in [0.2, 0.25) is 5.82 Å². The summed E-state index contributed by atoms with van der Waals surface area (Å²) in [5.41, 5.74) is 0.597. The van der Waals surface area contributed by atoms with Crippen LogP contribution >= 0.6 is 23.6 Å². The van der Waals surface area contributed by atoms with E-state index in [1.54, 1.807) is 18.2 Å². The SMILES string of the molecule is O=S(=O)(O)c1ccc2c(N=Nc3n[nH]c4cc(Cl)ccc34)c(O)c(SOOO)cc2c1. The number of aromatic hydroxyl groups is 1. The van der Waals surface area contributed by atoms with Gasteiger partial charge < -0.3 is 5.11 Å². The van der Waals surface area contributed by atoms with Crippen LogP contribution in [0.4, 0.5) is 11.5 Å². The molecule has 0 unspecified atom stereocenters. The minimum Gasteiger partial charge on any atom is -0.504 e. The molecule has 4 rings (SSSR count). The summed E-state index contributed by atoms with van der Waals surface area (Å²) in [6.45, 7) is 0. The van der Waals surface area contributed by atoms with Crippen LogP contribution in [0.5, 0.6) is 5.75 Å². The molecule has 11 nitrogen and oxygen atoms in total. The number of nitrogens with zero attached hydrogens (tertiary/aromatic N) is 3. The minimum atomic E-state index is -4.47. The van der Waals surface area contributed by atoms with E-state index >= 15 is 0 Å². The molecule has 0 aliphatic heterocycles. The summed E-state index contributed by atoms with van der Waals surface area (Å²) in [7, 11) is -4.47. The van der Waals surface area contributed by atoms with Gasteiger partial charge in [0.15, 0.2) is 5.75 Å². The summed E-state index contributed by atoms with van der Waals surface area (Å²) in [5.74, 6) is -0.150. The Hall–Kier alpha value is -2.78. The maximum absolute atomic E-state index is 11.5. The van der Waals surface area contributed by atoms with Crippen molar-refractivity contribution in [2.45, 2.75) is 9.79 Å². The van der Waals surface area contributed by atoms with E-state index in [1.807, 2.05) is 0 Å². The molecule has 0 spiro atoms. The highest BCUT2D eigenvalue weighted by Crippen LogP contribution is 2.44. The highest BCUT2D eigenvalue weighted by molar-refractivity contribution is 7.94. The summed E-state index contributed by atoms with van der Waals surface area (Å²) < 4.78 is 36.6. The van der Waals surface area contributed by atoms with Crippen molar-refractivity contribution in [2.24, 2.45) is 10.2 Å². The molecule has 4 N–H and O–H groups in total.